The van der Waals surface area contributed by atoms with E-state index < -0.39 is 0 Å². The van der Waals surface area contributed by atoms with Gasteiger partial charge in [0, 0.05) is 38.0 Å². The second-order valence-electron chi connectivity index (χ2n) is 8.06. The van der Waals surface area contributed by atoms with Gasteiger partial charge in [0.1, 0.15) is 0 Å². The van der Waals surface area contributed by atoms with Gasteiger partial charge >= 0.3 is 0 Å². The Morgan fingerprint density at radius 1 is 1.12 bits per heavy atom. The molecule has 2 amide bonds. The van der Waals surface area contributed by atoms with Gasteiger partial charge < -0.3 is 14.5 Å². The van der Waals surface area contributed by atoms with E-state index in [9.17, 15) is 9.59 Å². The highest BCUT2D eigenvalue weighted by molar-refractivity contribution is 5.95. The summed E-state index contributed by atoms with van der Waals surface area (Å²) in [4.78, 5) is 29.4. The molecule has 1 N–H and O–H groups in total. The van der Waals surface area contributed by atoms with Crippen LogP contribution in [0.2, 0.25) is 0 Å². The number of hydrogen-bond acceptors (Lipinski definition) is 4. The van der Waals surface area contributed by atoms with Gasteiger partial charge in [0.2, 0.25) is 5.91 Å². The second-order valence-corrected chi connectivity index (χ2v) is 8.06. The Morgan fingerprint density at radius 2 is 1.85 bits per heavy atom. The number of aromatic amines is 1. The average Bonchev–Trinajstić information content (AvgIpc) is 3.20. The van der Waals surface area contributed by atoms with Crippen molar-refractivity contribution in [3.05, 3.63) is 17.5 Å². The fourth-order valence-corrected chi connectivity index (χ4v) is 4.40. The first-order valence-corrected chi connectivity index (χ1v) is 9.79. The van der Waals surface area contributed by atoms with E-state index in [0.29, 0.717) is 31.1 Å². The summed E-state index contributed by atoms with van der Waals surface area (Å²) in [5, 5.41) is 7.19. The van der Waals surface area contributed by atoms with Crippen LogP contribution in [0.3, 0.4) is 0 Å². The fourth-order valence-electron chi connectivity index (χ4n) is 4.40. The largest absolute Gasteiger partial charge is 0.372 e. The summed E-state index contributed by atoms with van der Waals surface area (Å²) in [6, 6.07) is 0. The van der Waals surface area contributed by atoms with E-state index in [-0.39, 0.29) is 30.0 Å². The van der Waals surface area contributed by atoms with E-state index in [1.54, 1.807) is 6.20 Å². The topological polar surface area (TPSA) is 78.5 Å². The monoisotopic (exact) mass is 360 g/mol. The van der Waals surface area contributed by atoms with Gasteiger partial charge in [-0.25, -0.2) is 0 Å². The van der Waals surface area contributed by atoms with Crippen LogP contribution < -0.4 is 0 Å². The normalized spacial score (nSPS) is 29.7. The van der Waals surface area contributed by atoms with Crippen LogP contribution in [0, 0.1) is 5.92 Å². The van der Waals surface area contributed by atoms with Gasteiger partial charge in [-0.15, -0.1) is 0 Å². The van der Waals surface area contributed by atoms with Crippen LogP contribution >= 0.6 is 0 Å². The van der Waals surface area contributed by atoms with Crippen LogP contribution in [0.25, 0.3) is 0 Å². The highest BCUT2D eigenvalue weighted by atomic mass is 16.5. The predicted octanol–water partition coefficient (Wildman–Crippen LogP) is 1.78. The molecule has 1 saturated carbocycles. The maximum atomic E-state index is 13.0. The maximum Gasteiger partial charge on any atom is 0.257 e. The van der Waals surface area contributed by atoms with E-state index >= 15 is 0 Å². The number of aromatic nitrogens is 2. The highest BCUT2D eigenvalue weighted by Crippen LogP contribution is 2.34. The SMILES string of the molecule is C[C@@H]1CN(C(=O)c2cn[nH]c2[C@@H]2CCN(C(=O)C3CCC3)C2)C[C@H](C)O1. The van der Waals surface area contributed by atoms with Crippen molar-refractivity contribution >= 4 is 11.8 Å². The number of rotatable bonds is 3. The molecule has 0 spiro atoms. The lowest BCUT2D eigenvalue weighted by Gasteiger charge is -2.35. The number of nitrogens with zero attached hydrogens (tertiary/aromatic N) is 3. The summed E-state index contributed by atoms with van der Waals surface area (Å²) in [5.74, 6) is 0.700. The molecule has 1 aliphatic carbocycles. The third-order valence-corrected chi connectivity index (χ3v) is 5.97. The van der Waals surface area contributed by atoms with Crippen LogP contribution in [0.1, 0.15) is 61.5 Å². The molecule has 0 radical (unpaired) electrons. The Balaban J connectivity index is 1.45. The third-order valence-electron chi connectivity index (χ3n) is 5.97. The van der Waals surface area contributed by atoms with Crippen molar-refractivity contribution in [1.82, 2.24) is 20.0 Å². The molecule has 2 saturated heterocycles. The molecule has 142 valence electrons. The molecule has 4 rings (SSSR count). The molecular formula is C19H28N4O3. The summed E-state index contributed by atoms with van der Waals surface area (Å²) in [6.07, 6.45) is 5.83. The predicted molar refractivity (Wildman–Crippen MR) is 95.8 cm³/mol. The molecule has 3 atom stereocenters. The van der Waals surface area contributed by atoms with E-state index in [0.717, 1.165) is 31.5 Å². The Morgan fingerprint density at radius 3 is 2.50 bits per heavy atom. The van der Waals surface area contributed by atoms with E-state index in [4.69, 9.17) is 4.74 Å². The second kappa shape index (κ2) is 7.02. The van der Waals surface area contributed by atoms with Gasteiger partial charge in [0.25, 0.3) is 5.91 Å². The van der Waals surface area contributed by atoms with Crippen LogP contribution in [0.5, 0.6) is 0 Å². The molecule has 26 heavy (non-hydrogen) atoms. The smallest absolute Gasteiger partial charge is 0.257 e. The van der Waals surface area contributed by atoms with Crippen LogP contribution in [0.15, 0.2) is 6.20 Å². The molecule has 2 aliphatic heterocycles. The van der Waals surface area contributed by atoms with Gasteiger partial charge in [-0.3, -0.25) is 14.7 Å². The minimum Gasteiger partial charge on any atom is -0.372 e. The lowest BCUT2D eigenvalue weighted by atomic mass is 9.84. The Bertz CT molecular complexity index is 674. The van der Waals surface area contributed by atoms with Crippen molar-refractivity contribution in [2.24, 2.45) is 5.92 Å². The quantitative estimate of drug-likeness (QED) is 0.891. The van der Waals surface area contributed by atoms with Crippen LogP contribution in [-0.4, -0.2) is 70.2 Å². The lowest BCUT2D eigenvalue weighted by molar-refractivity contribution is -0.137. The Hall–Kier alpha value is -1.89. The zero-order valence-corrected chi connectivity index (χ0v) is 15.6. The first-order valence-electron chi connectivity index (χ1n) is 9.79. The highest BCUT2D eigenvalue weighted by Gasteiger charge is 2.37. The lowest BCUT2D eigenvalue weighted by Crippen LogP contribution is -2.48. The zero-order chi connectivity index (χ0) is 18.3. The molecular weight excluding hydrogens is 332 g/mol. The Kier molecular flexibility index (Phi) is 4.73. The third kappa shape index (κ3) is 3.24. The van der Waals surface area contributed by atoms with E-state index in [1.165, 1.54) is 6.42 Å². The Labute approximate surface area is 154 Å². The molecule has 0 aromatic carbocycles. The van der Waals surface area contributed by atoms with Gasteiger partial charge in [0.05, 0.1) is 29.7 Å². The van der Waals surface area contributed by atoms with Crippen molar-refractivity contribution in [3.63, 3.8) is 0 Å². The minimum absolute atomic E-state index is 0.0134. The summed E-state index contributed by atoms with van der Waals surface area (Å²) in [6.45, 7) is 6.65. The molecule has 0 bridgehead atoms. The molecule has 0 unspecified atom stereocenters. The minimum atomic E-state index is 0.0134. The molecule has 1 aromatic rings. The summed E-state index contributed by atoms with van der Waals surface area (Å²) < 4.78 is 5.73. The number of carbonyl (C=O) groups is 2. The number of H-pyrrole nitrogens is 1. The average molecular weight is 360 g/mol. The summed E-state index contributed by atoms with van der Waals surface area (Å²) in [7, 11) is 0. The number of ether oxygens (including phenoxy) is 1. The molecule has 7 heteroatoms. The number of likely N-dealkylation sites (tertiary alicyclic amines) is 1. The van der Waals surface area contributed by atoms with Gasteiger partial charge in [-0.05, 0) is 33.1 Å². The van der Waals surface area contributed by atoms with Gasteiger partial charge in [0.15, 0.2) is 0 Å². The number of nitrogens with one attached hydrogen (secondary N) is 1. The number of amides is 2. The first kappa shape index (κ1) is 17.5. The molecule has 3 heterocycles. The van der Waals surface area contributed by atoms with Crippen molar-refractivity contribution in [2.75, 3.05) is 26.2 Å². The van der Waals surface area contributed by atoms with Crippen LogP contribution in [-0.2, 0) is 9.53 Å². The molecule has 3 aliphatic rings. The van der Waals surface area contributed by atoms with Crippen LogP contribution in [0.4, 0.5) is 0 Å². The number of morpholine rings is 1. The first-order chi connectivity index (χ1) is 12.5. The van der Waals surface area contributed by atoms with Crippen molar-refractivity contribution in [2.45, 2.75) is 57.7 Å². The van der Waals surface area contributed by atoms with Gasteiger partial charge in [-0.1, -0.05) is 6.42 Å². The van der Waals surface area contributed by atoms with Crippen molar-refractivity contribution in [3.8, 4) is 0 Å². The number of hydrogen-bond donors (Lipinski definition) is 1. The summed E-state index contributed by atoms with van der Waals surface area (Å²) in [5.41, 5.74) is 1.53. The number of carbonyl (C=O) groups excluding carboxylic acids is 2. The zero-order valence-electron chi connectivity index (χ0n) is 15.6. The molecule has 7 nitrogen and oxygen atoms in total. The van der Waals surface area contributed by atoms with E-state index in [2.05, 4.69) is 10.2 Å². The maximum absolute atomic E-state index is 13.0. The van der Waals surface area contributed by atoms with Gasteiger partial charge in [-0.2, -0.15) is 5.10 Å². The fraction of sp³-hybridized carbons (Fsp3) is 0.737. The van der Waals surface area contributed by atoms with Crippen molar-refractivity contribution < 1.29 is 14.3 Å². The standard InChI is InChI=1S/C19H28N4O3/c1-12-9-23(10-13(2)26-12)19(25)16-8-20-21-17(16)15-6-7-22(11-15)18(24)14-4-3-5-14/h8,12-15H,3-7,9-11H2,1-2H3,(H,20,21)/t12-,13+,15-/m1/s1. The van der Waals surface area contributed by atoms with Crippen molar-refractivity contribution in [1.29, 1.82) is 0 Å². The molecule has 1 aromatic heterocycles. The summed E-state index contributed by atoms with van der Waals surface area (Å²) >= 11 is 0. The van der Waals surface area contributed by atoms with E-state index in [1.807, 2.05) is 23.6 Å². The molecule has 3 fully saturated rings.